The van der Waals surface area contributed by atoms with Gasteiger partial charge in [0.05, 0.1) is 11.1 Å². The van der Waals surface area contributed by atoms with Crippen molar-refractivity contribution in [2.24, 2.45) is 0 Å². The van der Waals surface area contributed by atoms with Crippen LogP contribution in [0.4, 0.5) is 0 Å². The average Bonchev–Trinajstić information content (AvgIpc) is 3.19. The van der Waals surface area contributed by atoms with Crippen molar-refractivity contribution in [1.82, 2.24) is 9.97 Å². The Bertz CT molecular complexity index is 1170. The van der Waals surface area contributed by atoms with Crippen LogP contribution in [0.1, 0.15) is 20.9 Å². The number of aromatic nitrogens is 2. The first kappa shape index (κ1) is 16.0. The number of hydrogen-bond donors (Lipinski definition) is 1. The Morgan fingerprint density at radius 2 is 1.92 bits per heavy atom. The highest BCUT2D eigenvalue weighted by Gasteiger charge is 2.15. The van der Waals surface area contributed by atoms with E-state index in [0.717, 1.165) is 16.5 Å². The van der Waals surface area contributed by atoms with E-state index in [4.69, 9.17) is 0 Å². The first-order valence-corrected chi connectivity index (χ1v) is 8.73. The van der Waals surface area contributed by atoms with Gasteiger partial charge in [0.2, 0.25) is 0 Å². The van der Waals surface area contributed by atoms with E-state index in [0.29, 0.717) is 16.1 Å². The molecule has 2 heterocycles. The molecule has 0 amide bonds. The zero-order valence-corrected chi connectivity index (χ0v) is 14.3. The quantitative estimate of drug-likeness (QED) is 0.539. The van der Waals surface area contributed by atoms with Gasteiger partial charge < -0.3 is 5.11 Å². The number of nitrogens with zero attached hydrogens (tertiary/aromatic N) is 2. The van der Waals surface area contributed by atoms with Crippen molar-refractivity contribution in [2.75, 3.05) is 0 Å². The Balaban J connectivity index is 1.93. The number of aromatic carboxylic acids is 1. The third-order valence-electron chi connectivity index (χ3n) is 3.91. The lowest BCUT2D eigenvalue weighted by atomic mass is 9.94. The van der Waals surface area contributed by atoms with Gasteiger partial charge in [0, 0.05) is 39.9 Å². The zero-order valence-electron chi connectivity index (χ0n) is 13.5. The molecule has 0 saturated carbocycles. The summed E-state index contributed by atoms with van der Waals surface area (Å²) in [7, 11) is 0. The summed E-state index contributed by atoms with van der Waals surface area (Å²) in [5.41, 5.74) is 3.00. The molecule has 4 rings (SSSR count). The van der Waals surface area contributed by atoms with Gasteiger partial charge in [0.25, 0.3) is 0 Å². The monoisotopic (exact) mass is 356 g/mol. The number of carboxylic acid groups (broad SMARTS) is 1. The number of fused-ring (bicyclic) bond motifs is 1. The molecule has 0 unspecified atom stereocenters. The predicted molar refractivity (Wildman–Crippen MR) is 102 cm³/mol. The third-order valence-corrected chi connectivity index (χ3v) is 4.60. The minimum absolute atomic E-state index is 0.202. The molecule has 124 valence electrons. The van der Waals surface area contributed by atoms with Gasteiger partial charge in [0.15, 0.2) is 5.01 Å². The molecule has 0 bridgehead atoms. The van der Waals surface area contributed by atoms with Crippen LogP contribution in [-0.2, 0) is 0 Å². The molecule has 1 N–H and O–H groups in total. The summed E-state index contributed by atoms with van der Waals surface area (Å²) in [5.74, 6) is 5.07. The minimum Gasteiger partial charge on any atom is -0.478 e. The van der Waals surface area contributed by atoms with Crippen LogP contribution in [-0.4, -0.2) is 21.0 Å². The van der Waals surface area contributed by atoms with E-state index < -0.39 is 5.97 Å². The van der Waals surface area contributed by atoms with Crippen molar-refractivity contribution in [3.05, 3.63) is 82.4 Å². The largest absolute Gasteiger partial charge is 0.478 e. The molecule has 0 spiro atoms. The van der Waals surface area contributed by atoms with Gasteiger partial charge in [-0.1, -0.05) is 30.2 Å². The van der Waals surface area contributed by atoms with Crippen LogP contribution in [0.2, 0.25) is 0 Å². The molecule has 26 heavy (non-hydrogen) atoms. The summed E-state index contributed by atoms with van der Waals surface area (Å²) < 4.78 is 0. The highest BCUT2D eigenvalue weighted by Crippen LogP contribution is 2.29. The summed E-state index contributed by atoms with van der Waals surface area (Å²) in [6, 6.07) is 14.8. The number of pyridine rings is 1. The standard InChI is InChI=1S/C21H12N2O2S/c24-21(25)17-6-3-5-14(8-9-19-22-10-11-26-19)20(17)16-12-15-4-1-2-7-18(15)23-13-16/h1-7,10-13H,(H,24,25). The van der Waals surface area contributed by atoms with E-state index in [2.05, 4.69) is 21.8 Å². The molecule has 0 aliphatic heterocycles. The number of carbonyl (C=O) groups is 1. The second kappa shape index (κ2) is 6.79. The minimum atomic E-state index is -0.994. The van der Waals surface area contributed by atoms with Crippen LogP contribution >= 0.6 is 11.3 Å². The maximum atomic E-state index is 11.8. The summed E-state index contributed by atoms with van der Waals surface area (Å²) in [5, 5.41) is 13.1. The first-order chi connectivity index (χ1) is 12.7. The van der Waals surface area contributed by atoms with Crippen LogP contribution in [0.5, 0.6) is 0 Å². The van der Waals surface area contributed by atoms with Crippen molar-refractivity contribution in [1.29, 1.82) is 0 Å². The van der Waals surface area contributed by atoms with Crippen molar-refractivity contribution >= 4 is 28.2 Å². The van der Waals surface area contributed by atoms with Gasteiger partial charge in [-0.25, -0.2) is 9.78 Å². The molecule has 4 aromatic rings. The maximum absolute atomic E-state index is 11.8. The van der Waals surface area contributed by atoms with Crippen molar-refractivity contribution in [2.45, 2.75) is 0 Å². The highest BCUT2D eigenvalue weighted by atomic mass is 32.1. The smallest absolute Gasteiger partial charge is 0.336 e. The molecule has 0 fully saturated rings. The third kappa shape index (κ3) is 3.06. The normalized spacial score (nSPS) is 10.3. The van der Waals surface area contributed by atoms with Crippen LogP contribution in [0.3, 0.4) is 0 Å². The lowest BCUT2D eigenvalue weighted by Crippen LogP contribution is -2.02. The Morgan fingerprint density at radius 1 is 1.04 bits per heavy atom. The number of hydrogen-bond acceptors (Lipinski definition) is 4. The number of thiazole rings is 1. The molecule has 2 aromatic heterocycles. The summed E-state index contributed by atoms with van der Waals surface area (Å²) in [4.78, 5) is 20.4. The number of carboxylic acids is 1. The molecule has 4 nitrogen and oxygen atoms in total. The number of rotatable bonds is 2. The summed E-state index contributed by atoms with van der Waals surface area (Å²) in [6.07, 6.45) is 3.38. The number of para-hydroxylation sites is 1. The van der Waals surface area contributed by atoms with Gasteiger partial charge in [0.1, 0.15) is 0 Å². The predicted octanol–water partition coefficient (Wildman–Crippen LogP) is 4.46. The maximum Gasteiger partial charge on any atom is 0.336 e. The molecular formula is C21H12N2O2S. The van der Waals surface area contributed by atoms with Crippen LogP contribution in [0.25, 0.3) is 22.0 Å². The molecule has 2 aromatic carbocycles. The van der Waals surface area contributed by atoms with Gasteiger partial charge >= 0.3 is 5.97 Å². The fourth-order valence-electron chi connectivity index (χ4n) is 2.76. The first-order valence-electron chi connectivity index (χ1n) is 7.85. The topological polar surface area (TPSA) is 63.1 Å². The molecule has 0 radical (unpaired) electrons. The Hall–Kier alpha value is -3.49. The van der Waals surface area contributed by atoms with Crippen molar-refractivity contribution in [3.8, 4) is 23.0 Å². The second-order valence-corrected chi connectivity index (χ2v) is 6.43. The molecular weight excluding hydrogens is 344 g/mol. The van der Waals surface area contributed by atoms with Crippen molar-refractivity contribution in [3.63, 3.8) is 0 Å². The van der Waals surface area contributed by atoms with Crippen LogP contribution < -0.4 is 0 Å². The molecule has 0 aliphatic carbocycles. The Kier molecular flexibility index (Phi) is 4.18. The van der Waals surface area contributed by atoms with E-state index >= 15 is 0 Å². The molecule has 5 heteroatoms. The van der Waals surface area contributed by atoms with Crippen molar-refractivity contribution < 1.29 is 9.90 Å². The summed E-state index contributed by atoms with van der Waals surface area (Å²) in [6.45, 7) is 0. The average molecular weight is 356 g/mol. The summed E-state index contributed by atoms with van der Waals surface area (Å²) >= 11 is 1.44. The lowest BCUT2D eigenvalue weighted by Gasteiger charge is -2.10. The van der Waals surface area contributed by atoms with E-state index in [9.17, 15) is 9.90 Å². The van der Waals surface area contributed by atoms with Crippen LogP contribution in [0, 0.1) is 11.8 Å². The van der Waals surface area contributed by atoms with Crippen LogP contribution in [0.15, 0.2) is 66.3 Å². The Morgan fingerprint density at radius 3 is 2.73 bits per heavy atom. The lowest BCUT2D eigenvalue weighted by molar-refractivity contribution is 0.0697. The molecule has 0 saturated heterocycles. The Labute approximate surface area is 153 Å². The zero-order chi connectivity index (χ0) is 17.9. The van der Waals surface area contributed by atoms with E-state index in [1.165, 1.54) is 11.3 Å². The van der Waals surface area contributed by atoms with Gasteiger partial charge in [-0.3, -0.25) is 4.98 Å². The fraction of sp³-hybridized carbons (Fsp3) is 0. The van der Waals surface area contributed by atoms with Gasteiger partial charge in [-0.05, 0) is 30.2 Å². The second-order valence-electron chi connectivity index (χ2n) is 5.54. The van der Waals surface area contributed by atoms with E-state index in [1.54, 1.807) is 24.5 Å². The highest BCUT2D eigenvalue weighted by molar-refractivity contribution is 7.10. The van der Waals surface area contributed by atoms with E-state index in [-0.39, 0.29) is 5.56 Å². The number of benzene rings is 2. The fourth-order valence-corrected chi connectivity index (χ4v) is 3.24. The van der Waals surface area contributed by atoms with Gasteiger partial charge in [-0.2, -0.15) is 0 Å². The SMILES string of the molecule is O=C(O)c1cccc(C#Cc2nccs2)c1-c1cnc2ccccc2c1. The van der Waals surface area contributed by atoms with E-state index in [1.807, 2.05) is 41.8 Å². The molecule has 0 aliphatic rings. The van der Waals surface area contributed by atoms with Gasteiger partial charge in [-0.15, -0.1) is 11.3 Å². The molecule has 0 atom stereocenters.